The summed E-state index contributed by atoms with van der Waals surface area (Å²) in [6, 6.07) is 8.22. The van der Waals surface area contributed by atoms with Gasteiger partial charge in [0.15, 0.2) is 0 Å². The van der Waals surface area contributed by atoms with E-state index in [-0.39, 0.29) is 11.8 Å². The third-order valence-electron chi connectivity index (χ3n) is 3.61. The fraction of sp³-hybridized carbons (Fsp3) is 0.533. The van der Waals surface area contributed by atoms with Crippen molar-refractivity contribution in [1.29, 1.82) is 0 Å². The lowest BCUT2D eigenvalue weighted by molar-refractivity contribution is -0.123. The summed E-state index contributed by atoms with van der Waals surface area (Å²) in [6.45, 7) is 3.02. The van der Waals surface area contributed by atoms with Crippen LogP contribution in [-0.4, -0.2) is 17.8 Å². The molecule has 3 heteroatoms. The van der Waals surface area contributed by atoms with Crippen LogP contribution in [0.25, 0.3) is 0 Å². The molecule has 0 heterocycles. The van der Waals surface area contributed by atoms with Gasteiger partial charge in [-0.25, -0.2) is 0 Å². The van der Waals surface area contributed by atoms with E-state index in [0.717, 1.165) is 31.1 Å². The Kier molecular flexibility index (Phi) is 4.81. The molecule has 0 radical (unpaired) electrons. The zero-order chi connectivity index (χ0) is 13.0. The highest BCUT2D eigenvalue weighted by atomic mass is 79.9. The summed E-state index contributed by atoms with van der Waals surface area (Å²) in [6.07, 6.45) is 3.12. The summed E-state index contributed by atoms with van der Waals surface area (Å²) in [5.41, 5.74) is 2.54. The number of alkyl halides is 1. The van der Waals surface area contributed by atoms with Gasteiger partial charge in [0.2, 0.25) is 5.91 Å². The molecule has 18 heavy (non-hydrogen) atoms. The Labute approximate surface area is 117 Å². The summed E-state index contributed by atoms with van der Waals surface area (Å²) in [7, 11) is 0. The molecule has 0 aliphatic heterocycles. The number of carbonyl (C=O) groups excluding carboxylic acids is 1. The number of hydrogen-bond donors (Lipinski definition) is 1. The lowest BCUT2D eigenvalue weighted by atomic mass is 9.77. The van der Waals surface area contributed by atoms with Gasteiger partial charge in [-0.15, -0.1) is 0 Å². The molecule has 1 aliphatic rings. The largest absolute Gasteiger partial charge is 0.356 e. The van der Waals surface area contributed by atoms with Crippen molar-refractivity contribution in [1.82, 2.24) is 5.32 Å². The molecular weight excluding hydrogens is 290 g/mol. The Bertz CT molecular complexity index is 419. The van der Waals surface area contributed by atoms with Gasteiger partial charge in [0.25, 0.3) is 0 Å². The van der Waals surface area contributed by atoms with Crippen LogP contribution in [0.1, 0.15) is 36.8 Å². The first-order valence-electron chi connectivity index (χ1n) is 6.64. The Hall–Kier alpha value is -0.830. The first-order valence-corrected chi connectivity index (χ1v) is 7.76. The molecule has 0 saturated carbocycles. The van der Waals surface area contributed by atoms with Crippen molar-refractivity contribution >= 4 is 21.8 Å². The van der Waals surface area contributed by atoms with Crippen LogP contribution in [0, 0.1) is 5.92 Å². The first kappa shape index (κ1) is 13.6. The van der Waals surface area contributed by atoms with Gasteiger partial charge in [0.1, 0.15) is 0 Å². The fourth-order valence-corrected chi connectivity index (χ4v) is 2.68. The molecule has 1 aliphatic carbocycles. The molecule has 1 N–H and O–H groups in total. The monoisotopic (exact) mass is 309 g/mol. The Morgan fingerprint density at radius 3 is 3.00 bits per heavy atom. The minimum atomic E-state index is 0.0924. The maximum absolute atomic E-state index is 12.0. The molecule has 1 aromatic rings. The van der Waals surface area contributed by atoms with Gasteiger partial charge in [-0.05, 0) is 36.3 Å². The summed E-state index contributed by atoms with van der Waals surface area (Å²) in [4.78, 5) is 12.0. The fourth-order valence-electron chi connectivity index (χ4n) is 2.36. The topological polar surface area (TPSA) is 29.1 Å². The van der Waals surface area contributed by atoms with Crippen molar-refractivity contribution in [2.45, 2.75) is 32.1 Å². The highest BCUT2D eigenvalue weighted by Crippen LogP contribution is 2.34. The summed E-state index contributed by atoms with van der Waals surface area (Å²) in [5.74, 6) is 0.973. The number of nitrogens with one attached hydrogen (secondary N) is 1. The van der Waals surface area contributed by atoms with E-state index in [1.807, 2.05) is 12.1 Å². The summed E-state index contributed by atoms with van der Waals surface area (Å²) in [5, 5.41) is 4.09. The molecule has 2 rings (SSSR count). The molecule has 0 spiro atoms. The second kappa shape index (κ2) is 6.37. The maximum Gasteiger partial charge on any atom is 0.227 e. The first-order chi connectivity index (χ1) is 8.72. The SMILES string of the molecule is CC(CBr)CCCNC(=O)C1Cc2ccccc21. The average molecular weight is 310 g/mol. The number of fused-ring (bicyclic) bond motifs is 1. The molecule has 2 atom stereocenters. The lowest BCUT2D eigenvalue weighted by Crippen LogP contribution is -2.36. The van der Waals surface area contributed by atoms with Gasteiger partial charge < -0.3 is 5.32 Å². The van der Waals surface area contributed by atoms with Crippen molar-refractivity contribution in [2.24, 2.45) is 5.92 Å². The van der Waals surface area contributed by atoms with E-state index >= 15 is 0 Å². The molecule has 1 amide bonds. The van der Waals surface area contributed by atoms with Crippen LogP contribution in [0.2, 0.25) is 0 Å². The maximum atomic E-state index is 12.0. The molecule has 0 aromatic heterocycles. The van der Waals surface area contributed by atoms with Crippen molar-refractivity contribution in [2.75, 3.05) is 11.9 Å². The summed E-state index contributed by atoms with van der Waals surface area (Å²) < 4.78 is 0. The van der Waals surface area contributed by atoms with Crippen LogP contribution in [0.3, 0.4) is 0 Å². The molecule has 2 unspecified atom stereocenters. The van der Waals surface area contributed by atoms with E-state index in [1.54, 1.807) is 0 Å². The van der Waals surface area contributed by atoms with Gasteiger partial charge in [0.05, 0.1) is 5.92 Å². The van der Waals surface area contributed by atoms with Crippen molar-refractivity contribution in [3.05, 3.63) is 35.4 Å². The van der Waals surface area contributed by atoms with E-state index in [2.05, 4.69) is 40.3 Å². The quantitative estimate of drug-likeness (QED) is 0.634. The highest BCUT2D eigenvalue weighted by Gasteiger charge is 2.31. The third kappa shape index (κ3) is 3.14. The molecular formula is C15H20BrNO. The van der Waals surface area contributed by atoms with Crippen LogP contribution < -0.4 is 5.32 Å². The van der Waals surface area contributed by atoms with Crippen molar-refractivity contribution in [3.8, 4) is 0 Å². The average Bonchev–Trinajstić information content (AvgIpc) is 2.36. The molecule has 0 bridgehead atoms. The second-order valence-corrected chi connectivity index (χ2v) is 5.80. The number of amides is 1. The van der Waals surface area contributed by atoms with Gasteiger partial charge in [-0.1, -0.05) is 47.1 Å². The smallest absolute Gasteiger partial charge is 0.227 e. The standard InChI is InChI=1S/C15H20BrNO/c1-11(10-16)5-4-8-17-15(18)14-9-12-6-2-3-7-13(12)14/h2-3,6-7,11,14H,4-5,8-10H2,1H3,(H,17,18). The van der Waals surface area contributed by atoms with Crippen molar-refractivity contribution in [3.63, 3.8) is 0 Å². The zero-order valence-corrected chi connectivity index (χ0v) is 12.4. The predicted octanol–water partition coefficient (Wildman–Crippen LogP) is 3.25. The molecule has 0 fully saturated rings. The number of halogens is 1. The van der Waals surface area contributed by atoms with E-state index in [0.29, 0.717) is 5.92 Å². The molecule has 1 aromatic carbocycles. The van der Waals surface area contributed by atoms with Crippen LogP contribution in [0.4, 0.5) is 0 Å². The van der Waals surface area contributed by atoms with E-state index < -0.39 is 0 Å². The van der Waals surface area contributed by atoms with E-state index in [4.69, 9.17) is 0 Å². The minimum Gasteiger partial charge on any atom is -0.356 e. The van der Waals surface area contributed by atoms with E-state index in [1.165, 1.54) is 11.1 Å². The van der Waals surface area contributed by atoms with Crippen LogP contribution in [0.15, 0.2) is 24.3 Å². The number of rotatable bonds is 6. The number of carbonyl (C=O) groups is 1. The molecule has 0 saturated heterocycles. The van der Waals surface area contributed by atoms with Gasteiger partial charge in [-0.2, -0.15) is 0 Å². The normalized spacial score (nSPS) is 18.7. The number of hydrogen-bond acceptors (Lipinski definition) is 1. The zero-order valence-electron chi connectivity index (χ0n) is 10.8. The Morgan fingerprint density at radius 1 is 1.50 bits per heavy atom. The van der Waals surface area contributed by atoms with Crippen LogP contribution >= 0.6 is 15.9 Å². The second-order valence-electron chi connectivity index (χ2n) is 5.15. The van der Waals surface area contributed by atoms with E-state index in [9.17, 15) is 4.79 Å². The summed E-state index contributed by atoms with van der Waals surface area (Å²) >= 11 is 3.47. The van der Waals surface area contributed by atoms with Crippen LogP contribution in [0.5, 0.6) is 0 Å². The van der Waals surface area contributed by atoms with Gasteiger partial charge in [0, 0.05) is 11.9 Å². The van der Waals surface area contributed by atoms with Crippen LogP contribution in [-0.2, 0) is 11.2 Å². The molecule has 2 nitrogen and oxygen atoms in total. The predicted molar refractivity (Wildman–Crippen MR) is 78.1 cm³/mol. The molecule has 98 valence electrons. The van der Waals surface area contributed by atoms with Crippen molar-refractivity contribution < 1.29 is 4.79 Å². The van der Waals surface area contributed by atoms with Gasteiger partial charge in [-0.3, -0.25) is 4.79 Å². The Balaban J connectivity index is 1.71. The lowest BCUT2D eigenvalue weighted by Gasteiger charge is -2.28. The van der Waals surface area contributed by atoms with Gasteiger partial charge >= 0.3 is 0 Å². The Morgan fingerprint density at radius 2 is 2.28 bits per heavy atom. The number of benzene rings is 1. The third-order valence-corrected chi connectivity index (χ3v) is 4.71. The minimum absolute atomic E-state index is 0.0924. The highest BCUT2D eigenvalue weighted by molar-refractivity contribution is 9.09.